The van der Waals surface area contributed by atoms with Gasteiger partial charge in [-0.2, -0.15) is 0 Å². The van der Waals surface area contributed by atoms with Crippen molar-refractivity contribution in [3.8, 4) is 0 Å². The Labute approximate surface area is 109 Å². The van der Waals surface area contributed by atoms with Crippen LogP contribution in [0, 0.1) is 5.92 Å². The van der Waals surface area contributed by atoms with Crippen LogP contribution in [0.4, 0.5) is 17.3 Å². The summed E-state index contributed by atoms with van der Waals surface area (Å²) in [6.45, 7) is 2.29. The third-order valence-corrected chi connectivity index (χ3v) is 4.25. The Balaban J connectivity index is 2.03. The maximum Gasteiger partial charge on any atom is 0.149 e. The average Bonchev–Trinajstić information content (AvgIpc) is 2.41. The van der Waals surface area contributed by atoms with Gasteiger partial charge in [-0.1, -0.05) is 13.3 Å². The molecule has 0 bridgehead atoms. The number of nitrogens with zero attached hydrogens (tertiary/aromatic N) is 2. The van der Waals surface area contributed by atoms with Crippen LogP contribution in [0.3, 0.4) is 0 Å². The van der Waals surface area contributed by atoms with E-state index in [1.165, 1.54) is 32.1 Å². The molecule has 1 aromatic heterocycles. The molecule has 0 saturated heterocycles. The summed E-state index contributed by atoms with van der Waals surface area (Å²) in [6.07, 6.45) is 6.47. The van der Waals surface area contributed by atoms with Crippen molar-refractivity contribution >= 4 is 17.3 Å². The lowest BCUT2D eigenvalue weighted by Crippen LogP contribution is -2.35. The largest absolute Gasteiger partial charge is 0.396 e. The Bertz CT molecular complexity index is 397. The molecule has 0 unspecified atom stereocenters. The summed E-state index contributed by atoms with van der Waals surface area (Å²) in [7, 11) is 2.11. The van der Waals surface area contributed by atoms with Gasteiger partial charge in [0.1, 0.15) is 11.6 Å². The highest BCUT2D eigenvalue weighted by Gasteiger charge is 2.23. The van der Waals surface area contributed by atoms with Gasteiger partial charge in [0.15, 0.2) is 0 Å². The van der Waals surface area contributed by atoms with Crippen molar-refractivity contribution in [2.45, 2.75) is 45.1 Å². The minimum absolute atomic E-state index is 0.432. The summed E-state index contributed by atoms with van der Waals surface area (Å²) in [6, 6.07) is 4.38. The van der Waals surface area contributed by atoms with Crippen molar-refractivity contribution < 1.29 is 0 Å². The number of rotatable bonds is 3. The van der Waals surface area contributed by atoms with E-state index in [4.69, 9.17) is 11.5 Å². The topological polar surface area (TPSA) is 68.2 Å². The Morgan fingerprint density at radius 2 is 1.89 bits per heavy atom. The van der Waals surface area contributed by atoms with E-state index in [-0.39, 0.29) is 0 Å². The molecule has 1 heterocycles. The average molecular weight is 248 g/mol. The summed E-state index contributed by atoms with van der Waals surface area (Å²) >= 11 is 0. The zero-order valence-corrected chi connectivity index (χ0v) is 11.4. The number of nitrogens with two attached hydrogens (primary N) is 2. The Morgan fingerprint density at radius 1 is 1.22 bits per heavy atom. The molecule has 2 rings (SSSR count). The lowest BCUT2D eigenvalue weighted by atomic mass is 9.84. The van der Waals surface area contributed by atoms with Crippen molar-refractivity contribution in [2.24, 2.45) is 5.92 Å². The maximum absolute atomic E-state index is 5.77. The van der Waals surface area contributed by atoms with E-state index < -0.39 is 0 Å². The van der Waals surface area contributed by atoms with E-state index in [9.17, 15) is 0 Å². The second-order valence-corrected chi connectivity index (χ2v) is 5.34. The van der Waals surface area contributed by atoms with Gasteiger partial charge < -0.3 is 16.4 Å². The summed E-state index contributed by atoms with van der Waals surface area (Å²) in [5, 5.41) is 0. The van der Waals surface area contributed by atoms with Crippen LogP contribution in [0.25, 0.3) is 0 Å². The Hall–Kier alpha value is -1.45. The Morgan fingerprint density at radius 3 is 2.44 bits per heavy atom. The monoisotopic (exact) mass is 248 g/mol. The fourth-order valence-corrected chi connectivity index (χ4v) is 2.80. The number of nitrogen functional groups attached to an aromatic ring is 2. The van der Waals surface area contributed by atoms with Crippen LogP contribution < -0.4 is 16.4 Å². The number of hydrogen-bond donors (Lipinski definition) is 2. The number of pyridine rings is 1. The van der Waals surface area contributed by atoms with Crippen LogP contribution in [0.15, 0.2) is 12.1 Å². The van der Waals surface area contributed by atoms with Crippen molar-refractivity contribution in [1.29, 1.82) is 0 Å². The maximum atomic E-state index is 5.77. The molecule has 0 aromatic carbocycles. The summed E-state index contributed by atoms with van der Waals surface area (Å²) in [4.78, 5) is 6.62. The molecule has 100 valence electrons. The fourth-order valence-electron chi connectivity index (χ4n) is 2.80. The molecule has 1 aliphatic rings. The van der Waals surface area contributed by atoms with E-state index >= 15 is 0 Å². The molecule has 0 radical (unpaired) electrons. The molecule has 1 aromatic rings. The van der Waals surface area contributed by atoms with Gasteiger partial charge in [-0.15, -0.1) is 0 Å². The minimum atomic E-state index is 0.432. The number of anilines is 3. The molecule has 0 spiro atoms. The molecule has 1 aliphatic carbocycles. The first-order chi connectivity index (χ1) is 8.61. The van der Waals surface area contributed by atoms with E-state index in [2.05, 4.69) is 23.9 Å². The van der Waals surface area contributed by atoms with Crippen LogP contribution in [0.2, 0.25) is 0 Å². The molecule has 0 atom stereocenters. The predicted octanol–water partition coefficient (Wildman–Crippen LogP) is 2.65. The third-order valence-electron chi connectivity index (χ3n) is 4.25. The third kappa shape index (κ3) is 2.68. The second-order valence-electron chi connectivity index (χ2n) is 5.34. The highest BCUT2D eigenvalue weighted by atomic mass is 15.2. The summed E-state index contributed by atoms with van der Waals surface area (Å²) in [5.41, 5.74) is 12.0. The van der Waals surface area contributed by atoms with Gasteiger partial charge >= 0.3 is 0 Å². The van der Waals surface area contributed by atoms with Crippen LogP contribution >= 0.6 is 0 Å². The molecular formula is C14H24N4. The molecule has 4 N–H and O–H groups in total. The normalized spacial score (nSPS) is 23.9. The summed E-state index contributed by atoms with van der Waals surface area (Å²) in [5.74, 6) is 2.28. The van der Waals surface area contributed by atoms with E-state index in [1.54, 1.807) is 0 Å². The first-order valence-corrected chi connectivity index (χ1v) is 6.86. The summed E-state index contributed by atoms with van der Waals surface area (Å²) < 4.78 is 0. The first-order valence-electron chi connectivity index (χ1n) is 6.86. The van der Waals surface area contributed by atoms with Gasteiger partial charge in [-0.3, -0.25) is 0 Å². The van der Waals surface area contributed by atoms with Gasteiger partial charge in [0.05, 0.1) is 5.69 Å². The molecule has 1 saturated carbocycles. The Kier molecular flexibility index (Phi) is 3.94. The van der Waals surface area contributed by atoms with Crippen LogP contribution in [-0.2, 0) is 0 Å². The zero-order valence-electron chi connectivity index (χ0n) is 11.4. The molecule has 4 nitrogen and oxygen atoms in total. The van der Waals surface area contributed by atoms with Crippen molar-refractivity contribution in [3.05, 3.63) is 12.1 Å². The van der Waals surface area contributed by atoms with Crippen molar-refractivity contribution in [2.75, 3.05) is 23.4 Å². The number of aromatic nitrogens is 1. The smallest absolute Gasteiger partial charge is 0.149 e. The van der Waals surface area contributed by atoms with Crippen LogP contribution in [0.1, 0.15) is 39.0 Å². The first kappa shape index (κ1) is 13.0. The van der Waals surface area contributed by atoms with E-state index in [0.717, 1.165) is 11.7 Å². The highest BCUT2D eigenvalue weighted by Crippen LogP contribution is 2.31. The van der Waals surface area contributed by atoms with Crippen LogP contribution in [0.5, 0.6) is 0 Å². The lowest BCUT2D eigenvalue weighted by Gasteiger charge is -2.35. The molecule has 18 heavy (non-hydrogen) atoms. The van der Waals surface area contributed by atoms with Gasteiger partial charge in [0.2, 0.25) is 0 Å². The van der Waals surface area contributed by atoms with Gasteiger partial charge in [-0.05, 0) is 43.7 Å². The van der Waals surface area contributed by atoms with Crippen molar-refractivity contribution in [3.63, 3.8) is 0 Å². The standard InChI is InChI=1S/C14H24N4/c1-3-10-4-6-11(7-5-10)18(2)13-9-8-12(15)14(16)17-13/h8-11H,3-7,15H2,1-2H3,(H2,16,17). The SMILES string of the molecule is CCC1CCC(N(C)c2ccc(N)c(N)n2)CC1. The van der Waals surface area contributed by atoms with Crippen molar-refractivity contribution in [1.82, 2.24) is 4.98 Å². The van der Waals surface area contributed by atoms with E-state index in [0.29, 0.717) is 17.5 Å². The lowest BCUT2D eigenvalue weighted by molar-refractivity contribution is 0.313. The van der Waals surface area contributed by atoms with Gasteiger partial charge in [0, 0.05) is 13.1 Å². The molecule has 4 heteroatoms. The fraction of sp³-hybridized carbons (Fsp3) is 0.643. The van der Waals surface area contributed by atoms with Crippen LogP contribution in [-0.4, -0.2) is 18.1 Å². The van der Waals surface area contributed by atoms with Gasteiger partial charge in [-0.25, -0.2) is 4.98 Å². The molecule has 0 amide bonds. The number of hydrogen-bond acceptors (Lipinski definition) is 4. The second kappa shape index (κ2) is 5.46. The molecule has 0 aliphatic heterocycles. The zero-order chi connectivity index (χ0) is 13.1. The van der Waals surface area contributed by atoms with E-state index in [1.807, 2.05) is 12.1 Å². The van der Waals surface area contributed by atoms with Gasteiger partial charge in [0.25, 0.3) is 0 Å². The molecule has 1 fully saturated rings. The minimum Gasteiger partial charge on any atom is -0.396 e. The highest BCUT2D eigenvalue weighted by molar-refractivity contribution is 5.62. The molecular weight excluding hydrogens is 224 g/mol. The quantitative estimate of drug-likeness (QED) is 0.863. The predicted molar refractivity (Wildman–Crippen MR) is 77.5 cm³/mol.